The van der Waals surface area contributed by atoms with Gasteiger partial charge in [0.1, 0.15) is 0 Å². The molecular weight excluding hydrogens is 791 g/mol. The van der Waals surface area contributed by atoms with E-state index in [2.05, 4.69) is 197 Å². The largest absolute Gasteiger partial charge is 0.307 e. The third-order valence-corrected chi connectivity index (χ3v) is 14.3. The number of aromatic nitrogens is 3. The molecule has 0 saturated heterocycles. The van der Waals surface area contributed by atoms with Crippen molar-refractivity contribution in [3.63, 3.8) is 0 Å². The Morgan fingerprint density at radius 3 is 1.29 bits per heavy atom. The van der Waals surface area contributed by atoms with Crippen molar-refractivity contribution in [1.82, 2.24) is 13.5 Å². The van der Waals surface area contributed by atoms with Crippen LogP contribution in [0.5, 0.6) is 0 Å². The van der Waals surface area contributed by atoms with E-state index in [1.807, 2.05) is 28.7 Å². The molecule has 0 radical (unpaired) electrons. The van der Waals surface area contributed by atoms with Gasteiger partial charge in [0, 0.05) is 54.5 Å². The predicted octanol–water partition coefficient (Wildman–Crippen LogP) is 15.5. The molecule has 0 bridgehead atoms. The second-order valence-electron chi connectivity index (χ2n) is 17.6. The molecule has 4 heterocycles. The highest BCUT2D eigenvalue weighted by Crippen LogP contribution is 2.45. The minimum absolute atomic E-state index is 0.0287. The topological polar surface area (TPSA) is 31.3 Å². The summed E-state index contributed by atoms with van der Waals surface area (Å²) >= 11 is 0. The molecule has 15 aromatic rings. The standard InChI is InChI=1S/C61H35N3O/c65-61-50-22-7-6-18-42(50)53-33-37(34-54-47-21-10-13-25-57(47)64(61)58(53)54)36-26-28-43-44-29-27-39(35-52(44)41-17-5-4-16-40(41)51(43)32-36)63-56-24-12-9-20-46(56)49-31-30-48-45-19-8-11-23-55(45)62(59(48)60(49)63)38-14-2-1-3-15-38/h1-35H. The van der Waals surface area contributed by atoms with E-state index < -0.39 is 0 Å². The van der Waals surface area contributed by atoms with Crippen LogP contribution in [0.15, 0.2) is 217 Å². The summed E-state index contributed by atoms with van der Waals surface area (Å²) < 4.78 is 6.87. The van der Waals surface area contributed by atoms with Gasteiger partial charge in [0.15, 0.2) is 0 Å². The smallest absolute Gasteiger partial charge is 0.263 e. The van der Waals surface area contributed by atoms with Gasteiger partial charge in [-0.15, -0.1) is 0 Å². The first-order valence-corrected chi connectivity index (χ1v) is 22.3. The highest BCUT2D eigenvalue weighted by atomic mass is 16.1. The van der Waals surface area contributed by atoms with Crippen LogP contribution in [0.2, 0.25) is 0 Å². The quantitative estimate of drug-likeness (QED) is 0.163. The van der Waals surface area contributed by atoms with E-state index in [4.69, 9.17) is 0 Å². The van der Waals surface area contributed by atoms with E-state index in [-0.39, 0.29) is 5.56 Å². The van der Waals surface area contributed by atoms with Crippen LogP contribution in [-0.4, -0.2) is 13.5 Å². The maximum atomic E-state index is 14.0. The predicted molar refractivity (Wildman–Crippen MR) is 274 cm³/mol. The molecule has 0 spiro atoms. The summed E-state index contributed by atoms with van der Waals surface area (Å²) in [5.74, 6) is 0. The van der Waals surface area contributed by atoms with E-state index >= 15 is 0 Å². The van der Waals surface area contributed by atoms with Crippen LogP contribution >= 0.6 is 0 Å². The fourth-order valence-corrected chi connectivity index (χ4v) is 11.6. The second kappa shape index (κ2) is 12.7. The Morgan fingerprint density at radius 1 is 0.246 bits per heavy atom. The molecule has 0 aliphatic carbocycles. The monoisotopic (exact) mass is 825 g/mol. The zero-order valence-corrected chi connectivity index (χ0v) is 35.0. The molecule has 0 aliphatic heterocycles. The van der Waals surface area contributed by atoms with Crippen molar-refractivity contribution in [3.05, 3.63) is 223 Å². The normalized spacial score (nSPS) is 12.4. The van der Waals surface area contributed by atoms with Crippen molar-refractivity contribution >= 4 is 114 Å². The van der Waals surface area contributed by atoms with Gasteiger partial charge < -0.3 is 9.13 Å². The molecule has 4 nitrogen and oxygen atoms in total. The molecule has 0 atom stereocenters. The molecule has 65 heavy (non-hydrogen) atoms. The summed E-state index contributed by atoms with van der Waals surface area (Å²) in [6.45, 7) is 0. The number of hydrogen-bond donors (Lipinski definition) is 0. The lowest BCUT2D eigenvalue weighted by Crippen LogP contribution is -2.12. The van der Waals surface area contributed by atoms with Gasteiger partial charge in [0.2, 0.25) is 0 Å². The fourth-order valence-electron chi connectivity index (χ4n) is 11.6. The SMILES string of the molecule is O=c1c2ccccc2c2cc(-c3ccc4c5ccc(-n6c7ccccc7c7ccc8c9ccccc9n(-c9ccccc9)c8c76)cc5c5ccccc5c4c3)cc3c4ccccc4n1c23. The van der Waals surface area contributed by atoms with Crippen LogP contribution in [0.25, 0.3) is 136 Å². The summed E-state index contributed by atoms with van der Waals surface area (Å²) in [6.07, 6.45) is 0. The molecular formula is C61H35N3O. The van der Waals surface area contributed by atoms with Gasteiger partial charge in [-0.1, -0.05) is 146 Å². The molecule has 0 saturated carbocycles. The third kappa shape index (κ3) is 4.57. The Labute approximate surface area is 371 Å². The lowest BCUT2D eigenvalue weighted by Gasteiger charge is -2.16. The summed E-state index contributed by atoms with van der Waals surface area (Å²) in [4.78, 5) is 14.0. The van der Waals surface area contributed by atoms with Gasteiger partial charge in [0.05, 0.1) is 33.1 Å². The first kappa shape index (κ1) is 34.8. The third-order valence-electron chi connectivity index (χ3n) is 14.3. The number of hydrogen-bond acceptors (Lipinski definition) is 1. The number of nitrogens with zero attached hydrogens (tertiary/aromatic N) is 3. The van der Waals surface area contributed by atoms with Crippen molar-refractivity contribution in [1.29, 1.82) is 0 Å². The molecule has 0 N–H and O–H groups in total. The number of fused-ring (bicyclic) bond motifs is 18. The van der Waals surface area contributed by atoms with E-state index in [9.17, 15) is 4.79 Å². The van der Waals surface area contributed by atoms with Crippen molar-refractivity contribution in [2.45, 2.75) is 0 Å². The molecule has 0 aliphatic rings. The first-order chi connectivity index (χ1) is 32.2. The highest BCUT2D eigenvalue weighted by molar-refractivity contribution is 6.28. The van der Waals surface area contributed by atoms with Gasteiger partial charge >= 0.3 is 0 Å². The molecule has 0 fully saturated rings. The number of para-hydroxylation sites is 4. The van der Waals surface area contributed by atoms with Crippen LogP contribution in [0.1, 0.15) is 0 Å². The van der Waals surface area contributed by atoms with Crippen LogP contribution < -0.4 is 5.56 Å². The fraction of sp³-hybridized carbons (Fsp3) is 0. The molecule has 0 unspecified atom stereocenters. The Hall–Kier alpha value is -8.73. The van der Waals surface area contributed by atoms with E-state index in [0.29, 0.717) is 0 Å². The highest BCUT2D eigenvalue weighted by Gasteiger charge is 2.23. The molecule has 15 rings (SSSR count). The van der Waals surface area contributed by atoms with Crippen molar-refractivity contribution in [2.75, 3.05) is 0 Å². The number of pyridine rings is 1. The average Bonchev–Trinajstić information content (AvgIpc) is 4.02. The summed E-state index contributed by atoms with van der Waals surface area (Å²) in [5, 5.41) is 17.3. The van der Waals surface area contributed by atoms with Crippen LogP contribution in [-0.2, 0) is 0 Å². The van der Waals surface area contributed by atoms with Gasteiger partial charge in [0.25, 0.3) is 5.56 Å². The zero-order chi connectivity index (χ0) is 42.5. The Balaban J connectivity index is 0.997. The number of benzene rings is 11. The number of rotatable bonds is 3. The Kier molecular flexibility index (Phi) is 6.79. The van der Waals surface area contributed by atoms with Gasteiger partial charge in [-0.2, -0.15) is 0 Å². The summed E-state index contributed by atoms with van der Waals surface area (Å²) in [5.41, 5.74) is 11.3. The van der Waals surface area contributed by atoms with Gasteiger partial charge in [-0.25, -0.2) is 0 Å². The van der Waals surface area contributed by atoms with E-state index in [1.54, 1.807) is 0 Å². The zero-order valence-electron chi connectivity index (χ0n) is 35.0. The van der Waals surface area contributed by atoms with Crippen molar-refractivity contribution in [3.8, 4) is 22.5 Å². The van der Waals surface area contributed by atoms with Gasteiger partial charge in [-0.3, -0.25) is 9.20 Å². The molecule has 4 heteroatoms. The first-order valence-electron chi connectivity index (χ1n) is 22.3. The molecule has 300 valence electrons. The summed E-state index contributed by atoms with van der Waals surface area (Å²) in [6, 6.07) is 76.9. The van der Waals surface area contributed by atoms with Crippen LogP contribution in [0.4, 0.5) is 0 Å². The average molecular weight is 826 g/mol. The minimum Gasteiger partial charge on any atom is -0.307 e. The van der Waals surface area contributed by atoms with Crippen molar-refractivity contribution in [2.24, 2.45) is 0 Å². The van der Waals surface area contributed by atoms with E-state index in [0.717, 1.165) is 60.5 Å². The van der Waals surface area contributed by atoms with Gasteiger partial charge in [-0.05, 0) is 116 Å². The Morgan fingerprint density at radius 2 is 0.662 bits per heavy atom. The Bertz CT molecular complexity index is 4590. The minimum atomic E-state index is 0.0287. The lowest BCUT2D eigenvalue weighted by atomic mass is 9.91. The maximum Gasteiger partial charge on any atom is 0.263 e. The second-order valence-corrected chi connectivity index (χ2v) is 17.6. The maximum absolute atomic E-state index is 14.0. The van der Waals surface area contributed by atoms with Crippen molar-refractivity contribution < 1.29 is 0 Å². The molecule has 11 aromatic carbocycles. The molecule has 4 aromatic heterocycles. The molecule has 0 amide bonds. The lowest BCUT2D eigenvalue weighted by molar-refractivity contribution is 1.15. The van der Waals surface area contributed by atoms with Crippen LogP contribution in [0, 0.1) is 0 Å². The summed E-state index contributed by atoms with van der Waals surface area (Å²) in [7, 11) is 0. The van der Waals surface area contributed by atoms with Crippen LogP contribution in [0.3, 0.4) is 0 Å². The van der Waals surface area contributed by atoms with E-state index in [1.165, 1.54) is 75.9 Å².